The summed E-state index contributed by atoms with van der Waals surface area (Å²) in [6.45, 7) is 6.86. The maximum atomic E-state index is 11.3. The number of carboxylic acid groups (broad SMARTS) is 1. The maximum absolute atomic E-state index is 11.3. The second-order valence-corrected chi connectivity index (χ2v) is 13.3. The minimum Gasteiger partial charge on any atom is -0.481 e. The molecule has 0 amide bonds. The van der Waals surface area contributed by atoms with E-state index in [0.29, 0.717) is 11.8 Å². The van der Waals surface area contributed by atoms with Crippen LogP contribution < -0.4 is 10.4 Å². The molecule has 2 aromatic carbocycles. The SMILES string of the molecule is CC(C)(C)[Si](OC1C[C@@H]2[C@H](C1)[C@H]2C(=O)O)(c1ccccc1)c1ccccc1. The van der Waals surface area contributed by atoms with Crippen LogP contribution in [0.15, 0.2) is 60.7 Å². The first-order chi connectivity index (χ1) is 12.8. The van der Waals surface area contributed by atoms with E-state index < -0.39 is 14.3 Å². The van der Waals surface area contributed by atoms with Gasteiger partial charge in [-0.3, -0.25) is 4.79 Å². The van der Waals surface area contributed by atoms with Crippen LogP contribution in [0.2, 0.25) is 5.04 Å². The first-order valence-electron chi connectivity index (χ1n) is 9.86. The van der Waals surface area contributed by atoms with Crippen molar-refractivity contribution in [3.05, 3.63) is 60.7 Å². The number of rotatable bonds is 5. The van der Waals surface area contributed by atoms with E-state index in [4.69, 9.17) is 4.43 Å². The number of hydrogen-bond acceptors (Lipinski definition) is 2. The molecule has 2 saturated carbocycles. The zero-order chi connectivity index (χ0) is 19.2. The normalized spacial score (nSPS) is 27.2. The van der Waals surface area contributed by atoms with Crippen LogP contribution in [0, 0.1) is 17.8 Å². The Balaban J connectivity index is 1.72. The van der Waals surface area contributed by atoms with E-state index >= 15 is 0 Å². The fourth-order valence-electron chi connectivity index (χ4n) is 5.19. The number of carboxylic acids is 1. The van der Waals surface area contributed by atoms with Gasteiger partial charge >= 0.3 is 5.97 Å². The standard InChI is InChI=1S/C23H28O3Si/c1-23(2,3)27(17-10-6-4-7-11-17,18-12-8-5-9-13-18)26-16-14-19-20(15-16)21(19)22(24)25/h4-13,16,19-21H,14-15H2,1-3H3,(H,24,25)/t16?,19-,20+,21+. The van der Waals surface area contributed by atoms with Crippen molar-refractivity contribution >= 4 is 24.7 Å². The Morgan fingerprint density at radius 2 is 1.37 bits per heavy atom. The molecule has 27 heavy (non-hydrogen) atoms. The number of aliphatic carboxylic acids is 1. The molecule has 2 fully saturated rings. The molecule has 3 nitrogen and oxygen atoms in total. The summed E-state index contributed by atoms with van der Waals surface area (Å²) in [6.07, 6.45) is 1.92. The smallest absolute Gasteiger partial charge is 0.307 e. The molecule has 4 atom stereocenters. The summed E-state index contributed by atoms with van der Waals surface area (Å²) in [5.41, 5.74) is 0. The summed E-state index contributed by atoms with van der Waals surface area (Å²) >= 11 is 0. The molecule has 142 valence electrons. The second kappa shape index (κ2) is 6.61. The topological polar surface area (TPSA) is 46.5 Å². The van der Waals surface area contributed by atoms with Crippen LogP contribution in [0.3, 0.4) is 0 Å². The van der Waals surface area contributed by atoms with Crippen molar-refractivity contribution in [2.45, 2.75) is 44.8 Å². The summed E-state index contributed by atoms with van der Waals surface area (Å²) in [6, 6.07) is 21.3. The van der Waals surface area contributed by atoms with Crippen LogP contribution in [0.5, 0.6) is 0 Å². The van der Waals surface area contributed by atoms with Crippen molar-refractivity contribution in [2.75, 3.05) is 0 Å². The Hall–Kier alpha value is -1.91. The molecular weight excluding hydrogens is 352 g/mol. The van der Waals surface area contributed by atoms with Crippen LogP contribution in [0.25, 0.3) is 0 Å². The third kappa shape index (κ3) is 3.05. The first-order valence-corrected chi connectivity index (χ1v) is 11.8. The van der Waals surface area contributed by atoms with Gasteiger partial charge in [-0.1, -0.05) is 81.4 Å². The van der Waals surface area contributed by atoms with Gasteiger partial charge in [-0.2, -0.15) is 0 Å². The summed E-state index contributed by atoms with van der Waals surface area (Å²) in [4.78, 5) is 11.3. The Morgan fingerprint density at radius 3 is 1.74 bits per heavy atom. The highest BCUT2D eigenvalue weighted by molar-refractivity contribution is 6.99. The average Bonchev–Trinajstić information content (AvgIpc) is 3.17. The van der Waals surface area contributed by atoms with Gasteiger partial charge in [0.1, 0.15) is 0 Å². The molecule has 2 aliphatic carbocycles. The van der Waals surface area contributed by atoms with Crippen LogP contribution in [-0.2, 0) is 9.22 Å². The van der Waals surface area contributed by atoms with E-state index in [1.54, 1.807) is 0 Å². The zero-order valence-corrected chi connectivity index (χ0v) is 17.3. The molecule has 2 aromatic rings. The lowest BCUT2D eigenvalue weighted by Crippen LogP contribution is -2.67. The van der Waals surface area contributed by atoms with Gasteiger partial charge in [-0.25, -0.2) is 0 Å². The third-order valence-electron chi connectivity index (χ3n) is 6.45. The van der Waals surface area contributed by atoms with Gasteiger partial charge in [-0.15, -0.1) is 0 Å². The van der Waals surface area contributed by atoms with E-state index in [-0.39, 0.29) is 17.1 Å². The first kappa shape index (κ1) is 18.5. The van der Waals surface area contributed by atoms with E-state index in [9.17, 15) is 9.90 Å². The van der Waals surface area contributed by atoms with Crippen molar-refractivity contribution in [1.82, 2.24) is 0 Å². The van der Waals surface area contributed by atoms with Crippen LogP contribution in [-0.4, -0.2) is 25.5 Å². The Morgan fingerprint density at radius 1 is 0.926 bits per heavy atom. The lowest BCUT2D eigenvalue weighted by molar-refractivity contribution is -0.139. The fourth-order valence-corrected chi connectivity index (χ4v) is 9.90. The van der Waals surface area contributed by atoms with Gasteiger partial charge in [0.25, 0.3) is 8.32 Å². The molecule has 4 rings (SSSR count). The summed E-state index contributed by atoms with van der Waals surface area (Å²) in [7, 11) is -2.52. The third-order valence-corrected chi connectivity index (χ3v) is 11.5. The molecule has 4 heteroatoms. The van der Waals surface area contributed by atoms with Gasteiger partial charge in [0, 0.05) is 6.10 Å². The monoisotopic (exact) mass is 380 g/mol. The molecule has 0 aromatic heterocycles. The molecule has 0 saturated heterocycles. The molecule has 1 N–H and O–H groups in total. The minimum absolute atomic E-state index is 0.0330. The summed E-state index contributed by atoms with van der Waals surface area (Å²) in [5, 5.41) is 11.9. The van der Waals surface area contributed by atoms with Gasteiger partial charge < -0.3 is 9.53 Å². The number of hydrogen-bond donors (Lipinski definition) is 1. The minimum atomic E-state index is -2.52. The van der Waals surface area contributed by atoms with Crippen molar-refractivity contribution < 1.29 is 14.3 Å². The van der Waals surface area contributed by atoms with Crippen molar-refractivity contribution in [3.63, 3.8) is 0 Å². The fraction of sp³-hybridized carbons (Fsp3) is 0.435. The van der Waals surface area contributed by atoms with Gasteiger partial charge in [0.05, 0.1) is 5.92 Å². The van der Waals surface area contributed by atoms with Gasteiger partial charge in [0.15, 0.2) is 0 Å². The molecule has 0 aliphatic heterocycles. The predicted octanol–water partition coefficient (Wildman–Crippen LogP) is 3.67. The lowest BCUT2D eigenvalue weighted by atomic mass is 10.1. The van der Waals surface area contributed by atoms with Gasteiger partial charge in [0.2, 0.25) is 0 Å². The molecule has 0 spiro atoms. The Labute approximate surface area is 162 Å². The maximum Gasteiger partial charge on any atom is 0.307 e. The van der Waals surface area contributed by atoms with E-state index in [2.05, 4.69) is 81.4 Å². The number of carbonyl (C=O) groups is 1. The molecular formula is C23H28O3Si. The van der Waals surface area contributed by atoms with Crippen molar-refractivity contribution in [1.29, 1.82) is 0 Å². The molecule has 0 radical (unpaired) electrons. The Kier molecular flexibility index (Phi) is 4.51. The highest BCUT2D eigenvalue weighted by atomic mass is 28.4. The van der Waals surface area contributed by atoms with Crippen LogP contribution in [0.1, 0.15) is 33.6 Å². The number of benzene rings is 2. The van der Waals surface area contributed by atoms with E-state index in [0.717, 1.165) is 12.8 Å². The zero-order valence-electron chi connectivity index (χ0n) is 16.3. The molecule has 0 heterocycles. The van der Waals surface area contributed by atoms with E-state index in [1.807, 2.05) is 0 Å². The van der Waals surface area contributed by atoms with Crippen molar-refractivity contribution in [2.24, 2.45) is 17.8 Å². The Bertz CT molecular complexity index is 761. The lowest BCUT2D eigenvalue weighted by Gasteiger charge is -2.45. The van der Waals surface area contributed by atoms with Crippen LogP contribution in [0.4, 0.5) is 0 Å². The summed E-state index contributed by atoms with van der Waals surface area (Å²) < 4.78 is 7.11. The number of fused-ring (bicyclic) bond motifs is 1. The van der Waals surface area contributed by atoms with Gasteiger partial charge in [-0.05, 0) is 40.1 Å². The molecule has 2 aliphatic rings. The van der Waals surface area contributed by atoms with E-state index in [1.165, 1.54) is 10.4 Å². The van der Waals surface area contributed by atoms with Crippen molar-refractivity contribution in [3.8, 4) is 0 Å². The average molecular weight is 381 g/mol. The quantitative estimate of drug-likeness (QED) is 0.805. The summed E-state index contributed by atoms with van der Waals surface area (Å²) in [5.74, 6) is -0.144. The highest BCUT2D eigenvalue weighted by Crippen LogP contribution is 2.59. The predicted molar refractivity (Wildman–Crippen MR) is 110 cm³/mol. The molecule has 0 bridgehead atoms. The van der Waals surface area contributed by atoms with Crippen LogP contribution >= 0.6 is 0 Å². The molecule has 1 unspecified atom stereocenters. The largest absolute Gasteiger partial charge is 0.481 e. The second-order valence-electron chi connectivity index (χ2n) is 9.07. The highest BCUT2D eigenvalue weighted by Gasteiger charge is 2.62.